The fourth-order valence-electron chi connectivity index (χ4n) is 4.27. The Balaban J connectivity index is 1.81. The molecule has 1 unspecified atom stereocenters. The van der Waals surface area contributed by atoms with Crippen molar-refractivity contribution in [3.05, 3.63) is 137 Å². The van der Waals surface area contributed by atoms with Crippen LogP contribution in [0.2, 0.25) is 0 Å². The molecule has 3 heteroatoms. The number of hydrogen-bond acceptors (Lipinski definition) is 1. The molecular weight excluding hydrogens is 390 g/mol. The lowest BCUT2D eigenvalue weighted by atomic mass is 9.96. The van der Waals surface area contributed by atoms with E-state index in [9.17, 15) is 8.96 Å². The van der Waals surface area contributed by atoms with Crippen LogP contribution in [-0.4, -0.2) is 0 Å². The highest BCUT2D eigenvalue weighted by Gasteiger charge is 2.42. The van der Waals surface area contributed by atoms with Gasteiger partial charge in [-0.2, -0.15) is 0 Å². The van der Waals surface area contributed by atoms with Crippen LogP contribution in [0.4, 0.5) is 4.39 Å². The average molecular weight is 410 g/mol. The number of halogens is 1. The first-order chi connectivity index (χ1) is 14.7. The molecule has 0 spiro atoms. The Kier molecular flexibility index (Phi) is 4.73. The number of hydrogen-bond donors (Lipinski definition) is 0. The van der Waals surface area contributed by atoms with Crippen molar-refractivity contribution >= 4 is 23.3 Å². The van der Waals surface area contributed by atoms with E-state index in [4.69, 9.17) is 0 Å². The Hall–Kier alpha value is -3.22. The number of rotatable bonds is 4. The molecule has 4 aromatic rings. The van der Waals surface area contributed by atoms with Crippen molar-refractivity contribution in [3.63, 3.8) is 0 Å². The zero-order valence-electron chi connectivity index (χ0n) is 16.3. The van der Waals surface area contributed by atoms with Gasteiger partial charge in [-0.25, -0.2) is 4.39 Å². The van der Waals surface area contributed by atoms with Crippen LogP contribution in [0.5, 0.6) is 0 Å². The summed E-state index contributed by atoms with van der Waals surface area (Å²) in [5.74, 6) is -0.267. The van der Waals surface area contributed by atoms with Gasteiger partial charge in [-0.3, -0.25) is 0 Å². The van der Waals surface area contributed by atoms with Crippen LogP contribution in [0.15, 0.2) is 115 Å². The van der Waals surface area contributed by atoms with Crippen molar-refractivity contribution in [3.8, 4) is 0 Å². The van der Waals surface area contributed by atoms with Crippen molar-refractivity contribution in [2.75, 3.05) is 0 Å². The summed E-state index contributed by atoms with van der Waals surface area (Å²) in [6.07, 6.45) is 0.505. The molecule has 146 valence electrons. The van der Waals surface area contributed by atoms with E-state index >= 15 is 0 Å². The monoisotopic (exact) mass is 410 g/mol. The molecule has 0 radical (unpaired) electrons. The minimum absolute atomic E-state index is 0.267. The minimum atomic E-state index is -3.04. The maximum absolute atomic E-state index is 14.9. The van der Waals surface area contributed by atoms with Gasteiger partial charge in [-0.05, 0) is 34.4 Å². The van der Waals surface area contributed by atoms with Gasteiger partial charge >= 0.3 is 0 Å². The van der Waals surface area contributed by atoms with Crippen LogP contribution >= 0.6 is 7.14 Å². The molecule has 0 aromatic heterocycles. The fourth-order valence-corrected chi connectivity index (χ4v) is 7.54. The van der Waals surface area contributed by atoms with Crippen molar-refractivity contribution < 1.29 is 8.96 Å². The molecule has 0 saturated heterocycles. The van der Waals surface area contributed by atoms with Gasteiger partial charge in [0.2, 0.25) is 0 Å². The second-order valence-corrected chi connectivity index (χ2v) is 10.2. The van der Waals surface area contributed by atoms with Gasteiger partial charge in [-0.1, -0.05) is 97.1 Å². The zero-order chi connectivity index (χ0) is 20.6. The maximum atomic E-state index is 14.9. The quantitative estimate of drug-likeness (QED) is 0.369. The second kappa shape index (κ2) is 7.55. The fraction of sp³-hybridized carbons (Fsp3) is 0.0370. The van der Waals surface area contributed by atoms with Crippen molar-refractivity contribution in [2.45, 2.75) is 6.42 Å². The lowest BCUT2D eigenvalue weighted by molar-refractivity contribution is 0.590. The number of allylic oxidation sites excluding steroid dienone is 1. The first kappa shape index (κ1) is 18.8. The first-order valence-corrected chi connectivity index (χ1v) is 11.7. The van der Waals surface area contributed by atoms with Crippen molar-refractivity contribution in [1.29, 1.82) is 0 Å². The molecule has 0 bridgehead atoms. The van der Waals surface area contributed by atoms with Gasteiger partial charge in [0.1, 0.15) is 5.82 Å². The molecule has 0 saturated carbocycles. The normalized spacial score (nSPS) is 17.8. The Labute approximate surface area is 175 Å². The second-order valence-electron chi connectivity index (χ2n) is 7.45. The van der Waals surface area contributed by atoms with Gasteiger partial charge < -0.3 is 4.57 Å². The van der Waals surface area contributed by atoms with Gasteiger partial charge in [0.25, 0.3) is 0 Å². The van der Waals surface area contributed by atoms with Gasteiger partial charge in [0.05, 0.1) is 0 Å². The summed E-state index contributed by atoms with van der Waals surface area (Å²) in [4.78, 5) is 0. The molecule has 1 nitrogen and oxygen atoms in total. The maximum Gasteiger partial charge on any atom is 0.168 e. The molecule has 0 aliphatic carbocycles. The summed E-state index contributed by atoms with van der Waals surface area (Å²) in [7, 11) is -3.04. The van der Waals surface area contributed by atoms with E-state index in [1.165, 1.54) is 12.1 Å². The van der Waals surface area contributed by atoms with E-state index in [-0.39, 0.29) is 5.82 Å². The summed E-state index contributed by atoms with van der Waals surface area (Å²) >= 11 is 0. The van der Waals surface area contributed by atoms with Crippen LogP contribution < -0.4 is 10.6 Å². The molecule has 1 atom stereocenters. The highest BCUT2D eigenvalue weighted by molar-refractivity contribution is 7.83. The summed E-state index contributed by atoms with van der Waals surface area (Å²) in [6, 6.07) is 34.4. The lowest BCUT2D eigenvalue weighted by Gasteiger charge is -2.19. The van der Waals surface area contributed by atoms with Crippen LogP contribution in [0, 0.1) is 5.82 Å². The topological polar surface area (TPSA) is 17.1 Å². The third-order valence-electron chi connectivity index (χ3n) is 5.65. The van der Waals surface area contributed by atoms with Gasteiger partial charge in [-0.15, -0.1) is 0 Å². The Morgan fingerprint density at radius 3 is 1.97 bits per heavy atom. The average Bonchev–Trinajstić information content (AvgIpc) is 3.06. The largest absolute Gasteiger partial charge is 0.309 e. The Bertz CT molecular complexity index is 1280. The Morgan fingerprint density at radius 2 is 1.27 bits per heavy atom. The number of fused-ring (bicyclic) bond motifs is 1. The van der Waals surface area contributed by atoms with Crippen LogP contribution in [0.3, 0.4) is 0 Å². The van der Waals surface area contributed by atoms with E-state index < -0.39 is 7.14 Å². The summed E-state index contributed by atoms with van der Waals surface area (Å²) in [5, 5.41) is 2.63. The molecule has 5 rings (SSSR count). The summed E-state index contributed by atoms with van der Waals surface area (Å²) in [5.41, 5.74) is 4.05. The van der Waals surface area contributed by atoms with Crippen molar-refractivity contribution in [1.82, 2.24) is 0 Å². The molecule has 1 heterocycles. The molecule has 0 N–H and O–H groups in total. The molecule has 0 fully saturated rings. The third-order valence-corrected chi connectivity index (χ3v) is 8.88. The predicted octanol–water partition coefficient (Wildman–Crippen LogP) is 6.16. The molecule has 1 aliphatic heterocycles. The standard InChI is InChI=1S/C27H20FOP/c28-22-17-15-20(16-18-22)19-26-27(21-9-3-1-4-10-21)24-13-7-8-14-25(24)30(26,29)23-11-5-2-6-12-23/h1-18H,19H2. The van der Waals surface area contributed by atoms with Crippen molar-refractivity contribution in [2.24, 2.45) is 0 Å². The van der Waals surface area contributed by atoms with Crippen LogP contribution in [0.1, 0.15) is 16.7 Å². The van der Waals surface area contributed by atoms with E-state index in [1.54, 1.807) is 12.1 Å². The van der Waals surface area contributed by atoms with E-state index in [0.29, 0.717) is 6.42 Å². The SMILES string of the molecule is O=P1(c2ccccc2)C(Cc2ccc(F)cc2)=C(c2ccccc2)c2ccccc21. The van der Waals surface area contributed by atoms with E-state index in [0.717, 1.165) is 38.2 Å². The van der Waals surface area contributed by atoms with Crippen LogP contribution in [-0.2, 0) is 11.0 Å². The lowest BCUT2D eigenvalue weighted by Crippen LogP contribution is -2.16. The van der Waals surface area contributed by atoms with E-state index in [2.05, 4.69) is 18.2 Å². The smallest absolute Gasteiger partial charge is 0.168 e. The highest BCUT2D eigenvalue weighted by atomic mass is 31.2. The molecular formula is C27H20FOP. The Morgan fingerprint density at radius 1 is 0.667 bits per heavy atom. The number of benzene rings is 4. The highest BCUT2D eigenvalue weighted by Crippen LogP contribution is 2.61. The molecule has 0 amide bonds. The molecule has 30 heavy (non-hydrogen) atoms. The van der Waals surface area contributed by atoms with Crippen LogP contribution in [0.25, 0.3) is 5.57 Å². The molecule has 1 aliphatic rings. The zero-order valence-corrected chi connectivity index (χ0v) is 17.2. The van der Waals surface area contributed by atoms with Gasteiger partial charge in [0, 0.05) is 22.3 Å². The summed E-state index contributed by atoms with van der Waals surface area (Å²) < 4.78 is 28.4. The summed E-state index contributed by atoms with van der Waals surface area (Å²) in [6.45, 7) is 0. The first-order valence-electron chi connectivity index (χ1n) is 9.97. The molecule has 4 aromatic carbocycles. The third kappa shape index (κ3) is 3.05. The predicted molar refractivity (Wildman–Crippen MR) is 122 cm³/mol. The van der Waals surface area contributed by atoms with Gasteiger partial charge in [0.15, 0.2) is 7.14 Å². The van der Waals surface area contributed by atoms with E-state index in [1.807, 2.05) is 66.7 Å². The minimum Gasteiger partial charge on any atom is -0.309 e.